The van der Waals surface area contributed by atoms with Crippen LogP contribution in [0.4, 0.5) is 17.1 Å². The maximum absolute atomic E-state index is 6.22. The molecule has 2 aromatic carbocycles. The molecule has 2 radical (unpaired) electrons. The van der Waals surface area contributed by atoms with Gasteiger partial charge in [-0.25, -0.2) is 4.98 Å². The maximum Gasteiger partial charge on any atom is 0.227 e. The number of furan rings is 1. The summed E-state index contributed by atoms with van der Waals surface area (Å²) in [5.74, 6) is 0. The highest BCUT2D eigenvalue weighted by Gasteiger charge is 2.38. The number of para-hydroxylation sites is 2. The van der Waals surface area contributed by atoms with Gasteiger partial charge in [0.1, 0.15) is 0 Å². The van der Waals surface area contributed by atoms with E-state index in [1.54, 1.807) is 6.20 Å². The van der Waals surface area contributed by atoms with E-state index in [1.807, 2.05) is 6.07 Å². The molecule has 0 bridgehead atoms. The fourth-order valence-corrected chi connectivity index (χ4v) is 4.11. The molecule has 0 saturated carbocycles. The maximum atomic E-state index is 6.22. The summed E-state index contributed by atoms with van der Waals surface area (Å²) in [4.78, 5) is 8.89. The molecule has 4 aromatic rings. The van der Waals surface area contributed by atoms with Crippen LogP contribution in [0.3, 0.4) is 0 Å². The van der Waals surface area contributed by atoms with E-state index in [0.29, 0.717) is 11.8 Å². The Bertz CT molecular complexity index is 1160. The highest BCUT2D eigenvalue weighted by Crippen LogP contribution is 2.51. The fourth-order valence-electron chi connectivity index (χ4n) is 4.11. The van der Waals surface area contributed by atoms with Crippen LogP contribution in [0.1, 0.15) is 19.4 Å². The Morgan fingerprint density at radius 1 is 0.963 bits per heavy atom. The van der Waals surface area contributed by atoms with Crippen LogP contribution in [0.5, 0.6) is 0 Å². The fraction of sp³-hybridized carbons (Fsp3) is 0.174. The van der Waals surface area contributed by atoms with Crippen molar-refractivity contribution >= 4 is 39.1 Å². The zero-order valence-electron chi connectivity index (χ0n) is 15.7. The number of benzene rings is 2. The van der Waals surface area contributed by atoms with E-state index in [-0.39, 0.29) is 0 Å². The molecule has 0 spiro atoms. The van der Waals surface area contributed by atoms with Crippen LogP contribution in [0.15, 0.2) is 59.1 Å². The van der Waals surface area contributed by atoms with Crippen molar-refractivity contribution in [3.63, 3.8) is 0 Å². The molecule has 1 aliphatic rings. The Balaban J connectivity index is 1.82. The molecule has 2 aromatic heterocycles. The summed E-state index contributed by atoms with van der Waals surface area (Å²) in [6, 6.07) is 17.0. The highest BCUT2D eigenvalue weighted by atomic mass is 16.3. The molecule has 5 rings (SSSR count). The zero-order valence-corrected chi connectivity index (χ0v) is 15.7. The monoisotopic (exact) mass is 355 g/mol. The van der Waals surface area contributed by atoms with Gasteiger partial charge in [-0.3, -0.25) is 0 Å². The molecule has 4 heteroatoms. The molecule has 0 unspecified atom stereocenters. The third-order valence-corrected chi connectivity index (χ3v) is 5.25. The van der Waals surface area contributed by atoms with Crippen molar-refractivity contribution < 1.29 is 4.42 Å². The first kappa shape index (κ1) is 16.2. The Labute approximate surface area is 159 Å². The van der Waals surface area contributed by atoms with Gasteiger partial charge < -0.3 is 14.2 Å². The van der Waals surface area contributed by atoms with Gasteiger partial charge >= 0.3 is 0 Å². The van der Waals surface area contributed by atoms with Crippen molar-refractivity contribution in [1.82, 2.24) is 4.98 Å². The third-order valence-electron chi connectivity index (χ3n) is 5.25. The average Bonchev–Trinajstić information content (AvgIpc) is 3.17. The van der Waals surface area contributed by atoms with Crippen molar-refractivity contribution in [2.75, 3.05) is 9.80 Å². The number of hydrogen-bond acceptors (Lipinski definition) is 4. The minimum absolute atomic E-state index is 0.306. The van der Waals surface area contributed by atoms with Gasteiger partial charge in [0, 0.05) is 23.0 Å². The van der Waals surface area contributed by atoms with E-state index < -0.39 is 0 Å². The van der Waals surface area contributed by atoms with Gasteiger partial charge in [-0.05, 0) is 57.5 Å². The first-order chi connectivity index (χ1) is 13.1. The van der Waals surface area contributed by atoms with Crippen molar-refractivity contribution in [3.8, 4) is 0 Å². The van der Waals surface area contributed by atoms with Gasteiger partial charge in [0.15, 0.2) is 11.7 Å². The number of aryl methyl sites for hydroxylation is 1. The lowest BCUT2D eigenvalue weighted by molar-refractivity contribution is 0.652. The number of hydrogen-bond donors (Lipinski definition) is 0. The van der Waals surface area contributed by atoms with Crippen LogP contribution in [0.2, 0.25) is 0 Å². The number of anilines is 3. The Morgan fingerprint density at radius 3 is 2.52 bits per heavy atom. The van der Waals surface area contributed by atoms with Crippen molar-refractivity contribution in [1.29, 1.82) is 0 Å². The summed E-state index contributed by atoms with van der Waals surface area (Å²) in [7, 11) is 0. The van der Waals surface area contributed by atoms with Gasteiger partial charge in [0.2, 0.25) is 5.71 Å². The lowest BCUT2D eigenvalue weighted by Gasteiger charge is -2.32. The Morgan fingerprint density at radius 2 is 1.74 bits per heavy atom. The van der Waals surface area contributed by atoms with Crippen LogP contribution in [0, 0.1) is 20.0 Å². The van der Waals surface area contributed by atoms with Crippen LogP contribution >= 0.6 is 0 Å². The molecule has 134 valence electrons. The minimum atomic E-state index is 0.306. The molecule has 4 nitrogen and oxygen atoms in total. The van der Waals surface area contributed by atoms with Crippen LogP contribution < -0.4 is 9.80 Å². The second-order valence-electron chi connectivity index (χ2n) is 7.27. The van der Waals surface area contributed by atoms with Gasteiger partial charge in [0.05, 0.1) is 17.1 Å². The normalized spacial score (nSPS) is 14.7. The second kappa shape index (κ2) is 5.74. The summed E-state index contributed by atoms with van der Waals surface area (Å²) in [5, 5.41) is 2.11. The van der Waals surface area contributed by atoms with Gasteiger partial charge in [-0.15, -0.1) is 0 Å². The molecule has 0 aliphatic carbocycles. The standard InChI is InChI=1S/C23H21N3O/c1-14(2)25-16(4)26(20-10-6-5-9-19(20)25)21-15(3)11-12-17-18-8-7-13-24-23(18)27-22(17)21/h5-14H,4H2,1-3H3. The molecule has 1 aliphatic heterocycles. The number of nitrogens with zero attached hydrogens (tertiary/aromatic N) is 3. The minimum Gasteiger partial charge on any atom is -0.435 e. The second-order valence-corrected chi connectivity index (χ2v) is 7.27. The predicted molar refractivity (Wildman–Crippen MR) is 111 cm³/mol. The van der Waals surface area contributed by atoms with Gasteiger partial charge in [-0.1, -0.05) is 24.3 Å². The number of fused-ring (bicyclic) bond motifs is 4. The van der Waals surface area contributed by atoms with Crippen LogP contribution in [-0.4, -0.2) is 11.0 Å². The van der Waals surface area contributed by atoms with E-state index in [2.05, 4.69) is 84.9 Å². The zero-order chi connectivity index (χ0) is 18.7. The van der Waals surface area contributed by atoms with Crippen LogP contribution in [-0.2, 0) is 0 Å². The topological polar surface area (TPSA) is 32.5 Å². The summed E-state index contributed by atoms with van der Waals surface area (Å²) in [6.45, 7) is 10.9. The van der Waals surface area contributed by atoms with Crippen molar-refractivity contribution in [2.24, 2.45) is 0 Å². The van der Waals surface area contributed by atoms with E-state index >= 15 is 0 Å². The molecule has 27 heavy (non-hydrogen) atoms. The third kappa shape index (κ3) is 2.19. The Hall–Kier alpha value is -3.01. The van der Waals surface area contributed by atoms with Gasteiger partial charge in [0.25, 0.3) is 0 Å². The predicted octanol–water partition coefficient (Wildman–Crippen LogP) is 5.98. The lowest BCUT2D eigenvalue weighted by Crippen LogP contribution is -2.36. The SMILES string of the molecule is [CH2][C]1N(c2c(C)ccc3c2oc2ncccc23)c2ccccc2N1C(C)C. The molecule has 0 atom stereocenters. The molecule has 3 heterocycles. The Kier molecular flexibility index (Phi) is 3.44. The summed E-state index contributed by atoms with van der Waals surface area (Å²) in [5.41, 5.74) is 5.99. The first-order valence-electron chi connectivity index (χ1n) is 9.22. The summed E-state index contributed by atoms with van der Waals surface area (Å²) < 4.78 is 6.22. The van der Waals surface area contributed by atoms with E-state index in [0.717, 1.165) is 39.5 Å². The van der Waals surface area contributed by atoms with Crippen molar-refractivity contribution in [2.45, 2.75) is 26.8 Å². The highest BCUT2D eigenvalue weighted by molar-refractivity contribution is 6.10. The quantitative estimate of drug-likeness (QED) is 0.443. The smallest absolute Gasteiger partial charge is 0.227 e. The number of aromatic nitrogens is 1. The first-order valence-corrected chi connectivity index (χ1v) is 9.22. The molecule has 0 fully saturated rings. The molecular weight excluding hydrogens is 334 g/mol. The lowest BCUT2D eigenvalue weighted by atomic mass is 10.1. The molecule has 0 N–H and O–H groups in total. The van der Waals surface area contributed by atoms with Crippen molar-refractivity contribution in [3.05, 3.63) is 73.4 Å². The van der Waals surface area contributed by atoms with Gasteiger partial charge in [-0.2, -0.15) is 0 Å². The molecular formula is C23H21N3O. The number of rotatable bonds is 2. The summed E-state index contributed by atoms with van der Waals surface area (Å²) >= 11 is 0. The van der Waals surface area contributed by atoms with Crippen LogP contribution in [0.25, 0.3) is 22.1 Å². The van der Waals surface area contributed by atoms with E-state index in [4.69, 9.17) is 4.42 Å². The number of pyridine rings is 1. The summed E-state index contributed by atoms with van der Waals surface area (Å²) in [6.07, 6.45) is 2.71. The van der Waals surface area contributed by atoms with E-state index in [1.165, 1.54) is 5.69 Å². The largest absolute Gasteiger partial charge is 0.435 e. The van der Waals surface area contributed by atoms with E-state index in [9.17, 15) is 0 Å². The molecule has 0 saturated heterocycles. The molecule has 0 amide bonds. The average molecular weight is 355 g/mol.